The Morgan fingerprint density at radius 2 is 1.74 bits per heavy atom. The molecule has 2 N–H and O–H groups in total. The van der Waals surface area contributed by atoms with E-state index >= 15 is 0 Å². The Bertz CT molecular complexity index is 318. The monoisotopic (exact) mass is 273 g/mol. The van der Waals surface area contributed by atoms with Gasteiger partial charge in [-0.3, -0.25) is 9.59 Å². The van der Waals surface area contributed by atoms with Crippen molar-refractivity contribution in [1.29, 1.82) is 0 Å². The van der Waals surface area contributed by atoms with Crippen LogP contribution in [-0.2, 0) is 14.3 Å². The first-order valence-electron chi connectivity index (χ1n) is 6.51. The van der Waals surface area contributed by atoms with Crippen LogP contribution < -0.4 is 5.32 Å². The van der Waals surface area contributed by atoms with Crippen LogP contribution in [0.1, 0.15) is 41.0 Å². The van der Waals surface area contributed by atoms with Crippen LogP contribution in [0.5, 0.6) is 0 Å². The van der Waals surface area contributed by atoms with Crippen molar-refractivity contribution < 1.29 is 19.4 Å². The molecule has 0 spiro atoms. The molecule has 112 valence electrons. The lowest BCUT2D eigenvalue weighted by Gasteiger charge is -2.29. The fourth-order valence-corrected chi connectivity index (χ4v) is 1.77. The molecule has 0 aromatic heterocycles. The number of ether oxygens (including phenoxy) is 1. The summed E-state index contributed by atoms with van der Waals surface area (Å²) >= 11 is 0. The first kappa shape index (κ1) is 17.9. The molecule has 0 aliphatic heterocycles. The molecule has 0 fully saturated rings. The molecule has 0 aliphatic rings. The molecule has 19 heavy (non-hydrogen) atoms. The van der Waals surface area contributed by atoms with Gasteiger partial charge >= 0.3 is 5.97 Å². The fourth-order valence-electron chi connectivity index (χ4n) is 1.77. The lowest BCUT2D eigenvalue weighted by Crippen LogP contribution is -2.45. The number of carboxylic acids is 1. The van der Waals surface area contributed by atoms with E-state index in [2.05, 4.69) is 5.32 Å². The van der Waals surface area contributed by atoms with E-state index in [1.54, 1.807) is 27.9 Å². The van der Waals surface area contributed by atoms with E-state index in [0.29, 0.717) is 13.2 Å². The minimum Gasteiger partial charge on any atom is -0.481 e. The van der Waals surface area contributed by atoms with Gasteiger partial charge in [-0.15, -0.1) is 0 Å². The quantitative estimate of drug-likeness (QED) is 0.695. The third-order valence-electron chi connectivity index (χ3n) is 3.10. The van der Waals surface area contributed by atoms with Gasteiger partial charge in [-0.05, 0) is 17.3 Å². The number of rotatable bonds is 7. The number of nitrogens with one attached hydrogen (secondary N) is 1. The molecule has 1 unspecified atom stereocenters. The van der Waals surface area contributed by atoms with Crippen molar-refractivity contribution in [3.8, 4) is 0 Å². The summed E-state index contributed by atoms with van der Waals surface area (Å²) in [5.41, 5.74) is -0.723. The number of aliphatic carboxylic acids is 1. The number of carbonyl (C=O) groups is 2. The van der Waals surface area contributed by atoms with Crippen molar-refractivity contribution in [1.82, 2.24) is 5.32 Å². The maximum Gasteiger partial charge on any atom is 0.316 e. The van der Waals surface area contributed by atoms with Crippen LogP contribution in [0.2, 0.25) is 0 Å². The Labute approximate surface area is 115 Å². The molecule has 0 aromatic rings. The molecule has 0 heterocycles. The van der Waals surface area contributed by atoms with E-state index in [0.717, 1.165) is 6.42 Å². The van der Waals surface area contributed by atoms with E-state index in [-0.39, 0.29) is 5.41 Å². The molecule has 0 aliphatic carbocycles. The van der Waals surface area contributed by atoms with Crippen LogP contribution in [0.4, 0.5) is 0 Å². The smallest absolute Gasteiger partial charge is 0.316 e. The Balaban J connectivity index is 4.55. The summed E-state index contributed by atoms with van der Waals surface area (Å²) in [7, 11) is 1.63. The molecule has 0 bridgehead atoms. The van der Waals surface area contributed by atoms with Crippen LogP contribution in [0.15, 0.2) is 0 Å². The molecule has 1 atom stereocenters. The van der Waals surface area contributed by atoms with Crippen LogP contribution >= 0.6 is 0 Å². The summed E-state index contributed by atoms with van der Waals surface area (Å²) in [6.45, 7) is 10.3. The van der Waals surface area contributed by atoms with Gasteiger partial charge in [0.25, 0.3) is 0 Å². The third kappa shape index (κ3) is 6.57. The molecule has 0 aromatic carbocycles. The van der Waals surface area contributed by atoms with Gasteiger partial charge in [0.1, 0.15) is 5.92 Å². The van der Waals surface area contributed by atoms with Crippen molar-refractivity contribution in [2.75, 3.05) is 20.3 Å². The molecule has 5 heteroatoms. The van der Waals surface area contributed by atoms with E-state index in [1.807, 2.05) is 13.8 Å². The van der Waals surface area contributed by atoms with E-state index in [9.17, 15) is 9.59 Å². The second-order valence-electron chi connectivity index (χ2n) is 6.76. The molecule has 5 nitrogen and oxygen atoms in total. The predicted molar refractivity (Wildman–Crippen MR) is 73.9 cm³/mol. The van der Waals surface area contributed by atoms with Gasteiger partial charge in [0.05, 0.1) is 0 Å². The Morgan fingerprint density at radius 3 is 2.11 bits per heavy atom. The van der Waals surface area contributed by atoms with Crippen LogP contribution in [0.3, 0.4) is 0 Å². The number of hydrogen-bond donors (Lipinski definition) is 2. The lowest BCUT2D eigenvalue weighted by molar-refractivity contribution is -0.151. The first-order chi connectivity index (χ1) is 8.51. The Morgan fingerprint density at radius 1 is 1.21 bits per heavy atom. The number of methoxy groups -OCH3 is 1. The summed E-state index contributed by atoms with van der Waals surface area (Å²) in [6, 6.07) is 0. The Hall–Kier alpha value is -1.10. The number of hydrogen-bond acceptors (Lipinski definition) is 3. The molecule has 0 saturated heterocycles. The van der Waals surface area contributed by atoms with Gasteiger partial charge in [-0.2, -0.15) is 0 Å². The van der Waals surface area contributed by atoms with Crippen molar-refractivity contribution in [3.63, 3.8) is 0 Å². The largest absolute Gasteiger partial charge is 0.481 e. The minimum atomic E-state index is -1.08. The second-order valence-corrected chi connectivity index (χ2v) is 6.76. The zero-order chi connectivity index (χ0) is 15.3. The van der Waals surface area contributed by atoms with Gasteiger partial charge < -0.3 is 15.2 Å². The van der Waals surface area contributed by atoms with Crippen molar-refractivity contribution in [3.05, 3.63) is 0 Å². The summed E-state index contributed by atoms with van der Waals surface area (Å²) in [6.07, 6.45) is 0.803. The van der Waals surface area contributed by atoms with Crippen molar-refractivity contribution >= 4 is 11.9 Å². The van der Waals surface area contributed by atoms with Gasteiger partial charge in [0.15, 0.2) is 0 Å². The van der Waals surface area contributed by atoms with E-state index < -0.39 is 23.2 Å². The van der Waals surface area contributed by atoms with Gasteiger partial charge in [-0.25, -0.2) is 0 Å². The first-order valence-corrected chi connectivity index (χ1v) is 6.51. The highest BCUT2D eigenvalue weighted by Crippen LogP contribution is 2.27. The van der Waals surface area contributed by atoms with Crippen molar-refractivity contribution in [2.24, 2.45) is 16.7 Å². The maximum absolute atomic E-state index is 12.0. The third-order valence-corrected chi connectivity index (χ3v) is 3.10. The summed E-state index contributed by atoms with van der Waals surface area (Å²) in [5, 5.41) is 11.9. The highest BCUT2D eigenvalue weighted by molar-refractivity contribution is 5.97. The summed E-state index contributed by atoms with van der Waals surface area (Å²) < 4.78 is 5.02. The normalized spacial score (nSPS) is 14.0. The molecule has 0 radical (unpaired) electrons. The van der Waals surface area contributed by atoms with Crippen molar-refractivity contribution in [2.45, 2.75) is 41.0 Å². The Kier molecular flexibility index (Phi) is 6.49. The average molecular weight is 273 g/mol. The molecular weight excluding hydrogens is 246 g/mol. The predicted octanol–water partition coefficient (Wildman–Crippen LogP) is 1.91. The second kappa shape index (κ2) is 6.89. The van der Waals surface area contributed by atoms with Crippen LogP contribution in [-0.4, -0.2) is 37.2 Å². The fraction of sp³-hybridized carbons (Fsp3) is 0.857. The molecule has 1 amide bonds. The number of carbonyl (C=O) groups excluding carboxylic acids is 1. The van der Waals surface area contributed by atoms with Gasteiger partial charge in [0.2, 0.25) is 5.91 Å². The summed E-state index contributed by atoms with van der Waals surface area (Å²) in [4.78, 5) is 23.2. The molecule has 0 rings (SSSR count). The van der Waals surface area contributed by atoms with Gasteiger partial charge in [-0.1, -0.05) is 34.6 Å². The number of carboxylic acid groups (broad SMARTS) is 1. The minimum absolute atomic E-state index is 0.118. The zero-order valence-electron chi connectivity index (χ0n) is 12.9. The van der Waals surface area contributed by atoms with Gasteiger partial charge in [0, 0.05) is 20.3 Å². The topological polar surface area (TPSA) is 75.6 Å². The SMILES string of the molecule is COCCC(C)(C)CNC(=O)C(C(=O)O)C(C)(C)C. The summed E-state index contributed by atoms with van der Waals surface area (Å²) in [5.74, 6) is -2.55. The molecule has 0 saturated carbocycles. The lowest BCUT2D eigenvalue weighted by atomic mass is 9.80. The van der Waals surface area contributed by atoms with E-state index in [1.165, 1.54) is 0 Å². The maximum atomic E-state index is 12.0. The highest BCUT2D eigenvalue weighted by atomic mass is 16.5. The average Bonchev–Trinajstić information content (AvgIpc) is 2.21. The van der Waals surface area contributed by atoms with E-state index in [4.69, 9.17) is 9.84 Å². The number of amides is 1. The highest BCUT2D eigenvalue weighted by Gasteiger charge is 2.38. The standard InChI is InChI=1S/C14H27NO4/c1-13(2,3)10(12(17)18)11(16)15-9-14(4,5)7-8-19-6/h10H,7-9H2,1-6H3,(H,15,16)(H,17,18). The van der Waals surface area contributed by atoms with Crippen LogP contribution in [0, 0.1) is 16.7 Å². The zero-order valence-corrected chi connectivity index (χ0v) is 12.9. The molecular formula is C14H27NO4. The van der Waals surface area contributed by atoms with Crippen LogP contribution in [0.25, 0.3) is 0 Å².